The van der Waals surface area contributed by atoms with E-state index in [2.05, 4.69) is 5.32 Å². The first kappa shape index (κ1) is 19.9. The lowest BCUT2D eigenvalue weighted by Crippen LogP contribution is -2.47. The van der Waals surface area contributed by atoms with Gasteiger partial charge in [-0.2, -0.15) is 0 Å². The Morgan fingerprint density at radius 3 is 2.23 bits per heavy atom. The summed E-state index contributed by atoms with van der Waals surface area (Å²) in [5.74, 6) is -0.884. The molecule has 26 heavy (non-hydrogen) atoms. The molecule has 1 N–H and O–H groups in total. The highest BCUT2D eigenvalue weighted by Crippen LogP contribution is 2.25. The van der Waals surface area contributed by atoms with Crippen LogP contribution in [-0.2, 0) is 14.8 Å². The summed E-state index contributed by atoms with van der Waals surface area (Å²) in [5.41, 5.74) is 2.82. The van der Waals surface area contributed by atoms with Gasteiger partial charge in [-0.05, 0) is 67.8 Å². The minimum absolute atomic E-state index is 0.285. The molecule has 7 heteroatoms. The number of hydrogen-bond acceptors (Lipinski definition) is 3. The maximum atomic E-state index is 13.0. The van der Waals surface area contributed by atoms with Gasteiger partial charge in [-0.3, -0.25) is 9.10 Å². The van der Waals surface area contributed by atoms with Gasteiger partial charge in [-0.1, -0.05) is 13.0 Å². The Kier molecular flexibility index (Phi) is 6.02. The number of aryl methyl sites for hydroxylation is 2. The van der Waals surface area contributed by atoms with Crippen molar-refractivity contribution in [1.29, 1.82) is 0 Å². The third-order valence-electron chi connectivity index (χ3n) is 4.19. The predicted octanol–water partition coefficient (Wildman–Crippen LogP) is 3.63. The van der Waals surface area contributed by atoms with Crippen LogP contribution in [0.5, 0.6) is 0 Å². The van der Waals surface area contributed by atoms with Gasteiger partial charge in [0.25, 0.3) is 0 Å². The van der Waals surface area contributed by atoms with E-state index in [0.29, 0.717) is 11.4 Å². The van der Waals surface area contributed by atoms with Crippen molar-refractivity contribution in [2.24, 2.45) is 0 Å². The summed E-state index contributed by atoms with van der Waals surface area (Å²) in [5, 5.41) is 2.66. The average molecular weight is 378 g/mol. The zero-order valence-electron chi connectivity index (χ0n) is 15.3. The summed E-state index contributed by atoms with van der Waals surface area (Å²) in [7, 11) is -3.69. The van der Waals surface area contributed by atoms with Gasteiger partial charge >= 0.3 is 0 Å². The van der Waals surface area contributed by atoms with Crippen LogP contribution < -0.4 is 9.62 Å². The molecule has 2 rings (SSSR count). The molecule has 1 unspecified atom stereocenters. The van der Waals surface area contributed by atoms with Crippen LogP contribution in [0.15, 0.2) is 42.5 Å². The number of rotatable bonds is 6. The number of carbonyl (C=O) groups is 1. The lowest BCUT2D eigenvalue weighted by atomic mass is 10.1. The van der Waals surface area contributed by atoms with Crippen molar-refractivity contribution >= 4 is 27.3 Å². The second kappa shape index (κ2) is 7.86. The summed E-state index contributed by atoms with van der Waals surface area (Å²) in [6, 6.07) is 9.68. The molecule has 0 spiro atoms. The van der Waals surface area contributed by atoms with Crippen molar-refractivity contribution in [2.75, 3.05) is 15.9 Å². The summed E-state index contributed by atoms with van der Waals surface area (Å²) >= 11 is 0. The van der Waals surface area contributed by atoms with Crippen LogP contribution >= 0.6 is 0 Å². The van der Waals surface area contributed by atoms with Gasteiger partial charge in [0.05, 0.1) is 11.9 Å². The van der Waals surface area contributed by atoms with E-state index in [1.54, 1.807) is 19.1 Å². The van der Waals surface area contributed by atoms with Gasteiger partial charge in [0.15, 0.2) is 0 Å². The molecule has 2 aromatic carbocycles. The van der Waals surface area contributed by atoms with Crippen molar-refractivity contribution in [2.45, 2.75) is 33.2 Å². The molecule has 0 saturated heterocycles. The molecule has 0 aromatic heterocycles. The Balaban J connectivity index is 2.39. The van der Waals surface area contributed by atoms with Crippen LogP contribution in [0.2, 0.25) is 0 Å². The number of nitrogens with zero attached hydrogens (tertiary/aromatic N) is 1. The molecule has 2 aromatic rings. The topological polar surface area (TPSA) is 66.5 Å². The second-order valence-electron chi connectivity index (χ2n) is 6.25. The van der Waals surface area contributed by atoms with E-state index < -0.39 is 27.8 Å². The van der Waals surface area contributed by atoms with Crippen molar-refractivity contribution in [3.63, 3.8) is 0 Å². The van der Waals surface area contributed by atoms with Crippen molar-refractivity contribution in [3.05, 3.63) is 59.4 Å². The monoisotopic (exact) mass is 378 g/mol. The number of sulfonamides is 1. The smallest absolute Gasteiger partial charge is 0.248 e. The fourth-order valence-corrected chi connectivity index (χ4v) is 3.89. The van der Waals surface area contributed by atoms with E-state index in [1.807, 2.05) is 19.9 Å². The fraction of sp³-hybridized carbons (Fsp3) is 0.316. The second-order valence-corrected chi connectivity index (χ2v) is 8.11. The number of amides is 1. The molecule has 0 aliphatic carbocycles. The zero-order valence-corrected chi connectivity index (χ0v) is 16.1. The van der Waals surface area contributed by atoms with E-state index in [0.717, 1.165) is 21.7 Å². The van der Waals surface area contributed by atoms with Crippen molar-refractivity contribution in [3.8, 4) is 0 Å². The molecule has 5 nitrogen and oxygen atoms in total. The van der Waals surface area contributed by atoms with E-state index in [-0.39, 0.29) is 6.42 Å². The molecule has 1 atom stereocenters. The van der Waals surface area contributed by atoms with Gasteiger partial charge in [-0.15, -0.1) is 0 Å². The zero-order chi connectivity index (χ0) is 19.5. The number of benzene rings is 2. The standard InChI is InChI=1S/C19H23FN2O3S/c1-5-18(19(23)21-16-9-7-15(20)8-10-16)22(26(4,24)25)17-11-6-13(2)14(3)12-17/h6-12,18H,5H2,1-4H3,(H,21,23). The van der Waals surface area contributed by atoms with Crippen LogP contribution in [-0.4, -0.2) is 26.6 Å². The Bertz CT molecular complexity index is 896. The third kappa shape index (κ3) is 4.60. The average Bonchev–Trinajstić information content (AvgIpc) is 2.56. The normalized spacial score (nSPS) is 12.5. The number of anilines is 2. The van der Waals surface area contributed by atoms with Gasteiger partial charge in [0.1, 0.15) is 11.9 Å². The van der Waals surface area contributed by atoms with Gasteiger partial charge in [0, 0.05) is 5.69 Å². The molecular weight excluding hydrogens is 355 g/mol. The van der Waals surface area contributed by atoms with E-state index in [4.69, 9.17) is 0 Å². The molecule has 0 radical (unpaired) electrons. The maximum Gasteiger partial charge on any atom is 0.248 e. The fourth-order valence-electron chi connectivity index (χ4n) is 2.68. The highest BCUT2D eigenvalue weighted by atomic mass is 32.2. The quantitative estimate of drug-likeness (QED) is 0.835. The van der Waals surface area contributed by atoms with Crippen LogP contribution in [0, 0.1) is 19.7 Å². The summed E-state index contributed by atoms with van der Waals surface area (Å²) in [6.07, 6.45) is 1.36. The number of halogens is 1. The minimum atomic E-state index is -3.69. The molecule has 0 aliphatic rings. The van der Waals surface area contributed by atoms with Gasteiger partial charge in [-0.25, -0.2) is 12.8 Å². The molecule has 0 fully saturated rings. The molecule has 0 aliphatic heterocycles. The minimum Gasteiger partial charge on any atom is -0.324 e. The Morgan fingerprint density at radius 2 is 1.73 bits per heavy atom. The molecular formula is C19H23FN2O3S. The molecule has 0 bridgehead atoms. The molecule has 140 valence electrons. The summed E-state index contributed by atoms with van der Waals surface area (Å²) in [4.78, 5) is 12.7. The van der Waals surface area contributed by atoms with Gasteiger partial charge < -0.3 is 5.32 Å². The predicted molar refractivity (Wildman–Crippen MR) is 102 cm³/mol. The first-order valence-corrected chi connectivity index (χ1v) is 10.1. The number of hydrogen-bond donors (Lipinski definition) is 1. The van der Waals surface area contributed by atoms with Crippen LogP contribution in [0.1, 0.15) is 24.5 Å². The lowest BCUT2D eigenvalue weighted by Gasteiger charge is -2.30. The largest absolute Gasteiger partial charge is 0.324 e. The molecule has 0 heterocycles. The highest BCUT2D eigenvalue weighted by molar-refractivity contribution is 7.92. The van der Waals surface area contributed by atoms with Crippen molar-refractivity contribution in [1.82, 2.24) is 0 Å². The Morgan fingerprint density at radius 1 is 1.12 bits per heavy atom. The number of nitrogens with one attached hydrogen (secondary N) is 1. The SMILES string of the molecule is CCC(C(=O)Nc1ccc(F)cc1)N(c1ccc(C)c(C)c1)S(C)(=O)=O. The van der Waals surface area contributed by atoms with E-state index in [1.165, 1.54) is 24.3 Å². The van der Waals surface area contributed by atoms with Crippen molar-refractivity contribution < 1.29 is 17.6 Å². The first-order chi connectivity index (χ1) is 12.1. The first-order valence-electron chi connectivity index (χ1n) is 8.26. The third-order valence-corrected chi connectivity index (χ3v) is 5.37. The highest BCUT2D eigenvalue weighted by Gasteiger charge is 2.31. The Hall–Kier alpha value is -2.41. The lowest BCUT2D eigenvalue weighted by molar-refractivity contribution is -0.117. The van der Waals surface area contributed by atoms with E-state index >= 15 is 0 Å². The summed E-state index contributed by atoms with van der Waals surface area (Å²) in [6.45, 7) is 5.56. The Labute approximate surface area is 153 Å². The van der Waals surface area contributed by atoms with Crippen LogP contribution in [0.3, 0.4) is 0 Å². The molecule has 0 saturated carbocycles. The maximum absolute atomic E-state index is 13.0. The molecule has 1 amide bonds. The van der Waals surface area contributed by atoms with Crippen LogP contribution in [0.4, 0.5) is 15.8 Å². The summed E-state index contributed by atoms with van der Waals surface area (Å²) < 4.78 is 39.0. The number of carbonyl (C=O) groups excluding carboxylic acids is 1. The van der Waals surface area contributed by atoms with Crippen LogP contribution in [0.25, 0.3) is 0 Å². The van der Waals surface area contributed by atoms with Gasteiger partial charge in [0.2, 0.25) is 15.9 Å². The van der Waals surface area contributed by atoms with E-state index in [9.17, 15) is 17.6 Å².